The van der Waals surface area contributed by atoms with Gasteiger partial charge in [0.1, 0.15) is 17.6 Å². The van der Waals surface area contributed by atoms with Crippen LogP contribution in [0.3, 0.4) is 0 Å². The van der Waals surface area contributed by atoms with Crippen LogP contribution in [0.2, 0.25) is 0 Å². The summed E-state index contributed by atoms with van der Waals surface area (Å²) >= 11 is 0. The molecule has 0 N–H and O–H groups in total. The highest BCUT2D eigenvalue weighted by molar-refractivity contribution is 5.75. The molecule has 0 saturated heterocycles. The third-order valence-electron chi connectivity index (χ3n) is 2.66. The quantitative estimate of drug-likeness (QED) is 0.822. The van der Waals surface area contributed by atoms with Crippen LogP contribution in [0.4, 0.5) is 0 Å². The summed E-state index contributed by atoms with van der Waals surface area (Å²) in [5.74, 6) is 1.38. The van der Waals surface area contributed by atoms with E-state index in [1.54, 1.807) is 13.0 Å². The molecule has 2 rings (SSSR count). The molecule has 0 amide bonds. The van der Waals surface area contributed by atoms with E-state index in [0.29, 0.717) is 29.9 Å². The molecular formula is C15H13NO2. The minimum absolute atomic E-state index is 0.117. The summed E-state index contributed by atoms with van der Waals surface area (Å²) in [4.78, 5) is 10.9. The van der Waals surface area contributed by atoms with Gasteiger partial charge in [0.25, 0.3) is 0 Å². The van der Waals surface area contributed by atoms with Gasteiger partial charge in [-0.05, 0) is 13.0 Å². The summed E-state index contributed by atoms with van der Waals surface area (Å²) in [5, 5.41) is 9.09. The topological polar surface area (TPSA) is 54.0 Å². The van der Waals surface area contributed by atoms with E-state index in [9.17, 15) is 4.79 Å². The second-order valence-electron chi connectivity index (χ2n) is 4.14. The molecule has 0 spiro atoms. The van der Waals surface area contributed by atoms with E-state index in [-0.39, 0.29) is 5.78 Å². The third kappa shape index (κ3) is 2.67. The minimum Gasteiger partial charge on any atom is -0.460 e. The number of carbonyl (C=O) groups is 1. The van der Waals surface area contributed by atoms with Crippen LogP contribution in [0.25, 0.3) is 11.3 Å². The molecule has 1 heterocycles. The summed E-state index contributed by atoms with van der Waals surface area (Å²) in [7, 11) is 0. The standard InChI is InChI=1S/C15H13NO2/c1-11(17)7-8-14-9-13(10-16)15(18-14)12-5-3-2-4-6-12/h2-6,9H,7-8H2,1H3. The number of benzene rings is 1. The molecule has 0 aliphatic carbocycles. The van der Waals surface area contributed by atoms with Crippen LogP contribution < -0.4 is 0 Å². The predicted octanol–water partition coefficient (Wildman–Crippen LogP) is 3.34. The van der Waals surface area contributed by atoms with E-state index in [1.165, 1.54) is 0 Å². The van der Waals surface area contributed by atoms with Gasteiger partial charge in [-0.2, -0.15) is 5.26 Å². The van der Waals surface area contributed by atoms with Crippen LogP contribution in [-0.2, 0) is 11.2 Å². The van der Waals surface area contributed by atoms with Gasteiger partial charge in [0.15, 0.2) is 5.76 Å². The number of furan rings is 1. The van der Waals surface area contributed by atoms with Gasteiger partial charge in [-0.1, -0.05) is 30.3 Å². The van der Waals surface area contributed by atoms with Crippen molar-refractivity contribution in [2.75, 3.05) is 0 Å². The van der Waals surface area contributed by atoms with E-state index >= 15 is 0 Å². The molecule has 0 bridgehead atoms. The molecule has 0 unspecified atom stereocenters. The van der Waals surface area contributed by atoms with E-state index in [4.69, 9.17) is 9.68 Å². The summed E-state index contributed by atoms with van der Waals surface area (Å²) in [5.41, 5.74) is 1.39. The second kappa shape index (κ2) is 5.33. The first kappa shape index (κ1) is 12.1. The summed E-state index contributed by atoms with van der Waals surface area (Å²) in [6.07, 6.45) is 0.976. The number of ketones is 1. The second-order valence-corrected chi connectivity index (χ2v) is 4.14. The highest BCUT2D eigenvalue weighted by atomic mass is 16.3. The first-order chi connectivity index (χ1) is 8.70. The van der Waals surface area contributed by atoms with Crippen molar-refractivity contribution in [1.29, 1.82) is 5.26 Å². The number of Topliss-reactive ketones (excluding diaryl/α,β-unsaturated/α-hetero) is 1. The fourth-order valence-electron chi connectivity index (χ4n) is 1.75. The van der Waals surface area contributed by atoms with Gasteiger partial charge in [0, 0.05) is 18.4 Å². The van der Waals surface area contributed by atoms with Crippen molar-refractivity contribution in [2.45, 2.75) is 19.8 Å². The molecule has 0 aliphatic rings. The average molecular weight is 239 g/mol. The van der Waals surface area contributed by atoms with Crippen molar-refractivity contribution < 1.29 is 9.21 Å². The van der Waals surface area contributed by atoms with Crippen molar-refractivity contribution in [3.05, 3.63) is 47.7 Å². The maximum absolute atomic E-state index is 10.9. The highest BCUT2D eigenvalue weighted by Gasteiger charge is 2.12. The SMILES string of the molecule is CC(=O)CCc1cc(C#N)c(-c2ccccc2)o1. The maximum atomic E-state index is 10.9. The van der Waals surface area contributed by atoms with Crippen molar-refractivity contribution in [2.24, 2.45) is 0 Å². The maximum Gasteiger partial charge on any atom is 0.152 e. The number of aryl methyl sites for hydroxylation is 1. The average Bonchev–Trinajstić information content (AvgIpc) is 2.80. The lowest BCUT2D eigenvalue weighted by Crippen LogP contribution is -1.92. The van der Waals surface area contributed by atoms with Crippen molar-refractivity contribution in [1.82, 2.24) is 0 Å². The molecule has 0 atom stereocenters. The largest absolute Gasteiger partial charge is 0.460 e. The lowest BCUT2D eigenvalue weighted by atomic mass is 10.1. The van der Waals surface area contributed by atoms with Gasteiger partial charge in [-0.25, -0.2) is 0 Å². The number of hydrogen-bond acceptors (Lipinski definition) is 3. The Hall–Kier alpha value is -2.34. The molecule has 18 heavy (non-hydrogen) atoms. The lowest BCUT2D eigenvalue weighted by Gasteiger charge is -1.97. The van der Waals surface area contributed by atoms with Crippen LogP contribution in [0.15, 0.2) is 40.8 Å². The molecule has 0 aliphatic heterocycles. The van der Waals surface area contributed by atoms with Crippen molar-refractivity contribution in [3.8, 4) is 17.4 Å². The van der Waals surface area contributed by atoms with Gasteiger partial charge in [-0.15, -0.1) is 0 Å². The molecule has 0 radical (unpaired) electrons. The first-order valence-corrected chi connectivity index (χ1v) is 5.78. The van der Waals surface area contributed by atoms with Crippen LogP contribution in [0.1, 0.15) is 24.7 Å². The number of nitrogens with zero attached hydrogens (tertiary/aromatic N) is 1. The molecule has 1 aromatic heterocycles. The molecule has 90 valence electrons. The normalized spacial score (nSPS) is 10.0. The molecule has 1 aromatic carbocycles. The molecule has 3 heteroatoms. The molecule has 2 aromatic rings. The zero-order valence-electron chi connectivity index (χ0n) is 10.1. The Morgan fingerprint density at radius 2 is 2.06 bits per heavy atom. The highest BCUT2D eigenvalue weighted by Crippen LogP contribution is 2.27. The van der Waals surface area contributed by atoms with Crippen molar-refractivity contribution >= 4 is 5.78 Å². The van der Waals surface area contributed by atoms with E-state index in [1.807, 2.05) is 30.3 Å². The Balaban J connectivity index is 2.31. The smallest absolute Gasteiger partial charge is 0.152 e. The number of rotatable bonds is 4. The molecule has 0 saturated carbocycles. The zero-order valence-corrected chi connectivity index (χ0v) is 10.1. The third-order valence-corrected chi connectivity index (χ3v) is 2.66. The summed E-state index contributed by atoms with van der Waals surface area (Å²) < 4.78 is 5.67. The first-order valence-electron chi connectivity index (χ1n) is 5.78. The van der Waals surface area contributed by atoms with E-state index in [0.717, 1.165) is 5.56 Å². The molecule has 3 nitrogen and oxygen atoms in total. The van der Waals surface area contributed by atoms with Crippen LogP contribution in [0.5, 0.6) is 0 Å². The van der Waals surface area contributed by atoms with E-state index in [2.05, 4.69) is 6.07 Å². The molecule has 0 fully saturated rings. The van der Waals surface area contributed by atoms with Gasteiger partial charge in [0.05, 0.1) is 5.56 Å². The Morgan fingerprint density at radius 3 is 2.67 bits per heavy atom. The number of nitriles is 1. The van der Waals surface area contributed by atoms with Crippen molar-refractivity contribution in [3.63, 3.8) is 0 Å². The Kier molecular flexibility index (Phi) is 3.59. The summed E-state index contributed by atoms with van der Waals surface area (Å²) in [6, 6.07) is 13.3. The van der Waals surface area contributed by atoms with Gasteiger partial charge >= 0.3 is 0 Å². The van der Waals surface area contributed by atoms with Gasteiger partial charge in [0.2, 0.25) is 0 Å². The number of carbonyl (C=O) groups excluding carboxylic acids is 1. The number of hydrogen-bond donors (Lipinski definition) is 0. The lowest BCUT2D eigenvalue weighted by molar-refractivity contribution is -0.117. The Labute approximate surface area is 106 Å². The van der Waals surface area contributed by atoms with E-state index < -0.39 is 0 Å². The zero-order chi connectivity index (χ0) is 13.0. The van der Waals surface area contributed by atoms with Crippen LogP contribution in [0, 0.1) is 11.3 Å². The Bertz CT molecular complexity index is 591. The monoisotopic (exact) mass is 239 g/mol. The van der Waals surface area contributed by atoms with Gasteiger partial charge < -0.3 is 9.21 Å². The minimum atomic E-state index is 0.117. The molecular weight excluding hydrogens is 226 g/mol. The fraction of sp³-hybridized carbons (Fsp3) is 0.200. The Morgan fingerprint density at radius 1 is 1.33 bits per heavy atom. The van der Waals surface area contributed by atoms with Crippen LogP contribution in [-0.4, -0.2) is 5.78 Å². The fourth-order valence-corrected chi connectivity index (χ4v) is 1.75. The predicted molar refractivity (Wildman–Crippen MR) is 67.9 cm³/mol. The van der Waals surface area contributed by atoms with Crippen LogP contribution >= 0.6 is 0 Å². The summed E-state index contributed by atoms with van der Waals surface area (Å²) in [6.45, 7) is 1.55. The van der Waals surface area contributed by atoms with Gasteiger partial charge in [-0.3, -0.25) is 0 Å².